The molecule has 0 spiro atoms. The van der Waals surface area contributed by atoms with Gasteiger partial charge in [0.1, 0.15) is 0 Å². The van der Waals surface area contributed by atoms with Crippen molar-refractivity contribution in [2.45, 2.75) is 0 Å². The zero-order valence-electron chi connectivity index (χ0n) is 26.7. The number of thiophene rings is 1. The minimum atomic E-state index is 0.606. The fraction of sp³-hybridized carbons (Fsp3) is 0. The van der Waals surface area contributed by atoms with Gasteiger partial charge in [0.05, 0.1) is 15.7 Å². The Balaban J connectivity index is 1.36. The molecule has 0 aliphatic heterocycles. The number of rotatable bonds is 2. The zero-order chi connectivity index (χ0) is 32.8. The van der Waals surface area contributed by atoms with Crippen molar-refractivity contribution in [3.63, 3.8) is 0 Å². The molecule has 4 heterocycles. The van der Waals surface area contributed by atoms with E-state index in [1.807, 2.05) is 17.4 Å². The van der Waals surface area contributed by atoms with Gasteiger partial charge < -0.3 is 0 Å². The molecule has 0 aliphatic rings. The molecule has 0 saturated heterocycles. The number of para-hydroxylation sites is 1. The molecule has 0 radical (unpaired) electrons. The Labute approximate surface area is 290 Å². The normalized spacial score (nSPS) is 12.0. The van der Waals surface area contributed by atoms with E-state index in [2.05, 4.69) is 156 Å². The van der Waals surface area contributed by atoms with Crippen LogP contribution in [0.4, 0.5) is 0 Å². The summed E-state index contributed by atoms with van der Waals surface area (Å²) in [6.45, 7) is 0. The summed E-state index contributed by atoms with van der Waals surface area (Å²) in [5.74, 6) is 1.24. The van der Waals surface area contributed by atoms with Gasteiger partial charge in [-0.3, -0.25) is 4.40 Å². The van der Waals surface area contributed by atoms with Gasteiger partial charge in [-0.1, -0.05) is 140 Å². The molecule has 0 fully saturated rings. The average molecular weight is 655 g/mol. The molecule has 0 saturated carbocycles. The number of fused-ring (bicyclic) bond motifs is 14. The Bertz CT molecular complexity index is 3190. The lowest BCUT2D eigenvalue weighted by Crippen LogP contribution is -1.98. The summed E-state index contributed by atoms with van der Waals surface area (Å²) in [6.07, 6.45) is 0. The Hall–Kier alpha value is -6.43. The topological polar surface area (TPSA) is 43.1 Å². The summed E-state index contributed by atoms with van der Waals surface area (Å²) >= 11 is 1.86. The first-order valence-corrected chi connectivity index (χ1v) is 17.6. The molecule has 0 amide bonds. The quantitative estimate of drug-likeness (QED) is 0.186. The van der Waals surface area contributed by atoms with Crippen LogP contribution in [0.5, 0.6) is 0 Å². The van der Waals surface area contributed by atoms with Gasteiger partial charge in [0, 0.05) is 37.2 Å². The van der Waals surface area contributed by atoms with Crippen molar-refractivity contribution >= 4 is 91.7 Å². The second-order valence-corrected chi connectivity index (χ2v) is 13.9. The Morgan fingerprint density at radius 3 is 1.88 bits per heavy atom. The average Bonchev–Trinajstić information content (AvgIpc) is 3.74. The van der Waals surface area contributed by atoms with E-state index in [-0.39, 0.29) is 0 Å². The highest BCUT2D eigenvalue weighted by Gasteiger charge is 2.18. The summed E-state index contributed by atoms with van der Waals surface area (Å²) in [4.78, 5) is 15.7. The van der Waals surface area contributed by atoms with Crippen LogP contribution in [-0.4, -0.2) is 19.4 Å². The van der Waals surface area contributed by atoms with E-state index in [0.717, 1.165) is 38.3 Å². The van der Waals surface area contributed by atoms with Crippen molar-refractivity contribution in [2.24, 2.45) is 0 Å². The van der Waals surface area contributed by atoms with Gasteiger partial charge in [-0.05, 0) is 50.9 Å². The predicted octanol–water partition coefficient (Wildman–Crippen LogP) is 12.2. The number of hydrogen-bond donors (Lipinski definition) is 0. The molecule has 11 rings (SSSR count). The molecule has 0 atom stereocenters. The van der Waals surface area contributed by atoms with E-state index in [0.29, 0.717) is 17.2 Å². The molecule has 7 aromatic carbocycles. The third-order valence-electron chi connectivity index (χ3n) is 10.0. The lowest BCUT2D eigenvalue weighted by atomic mass is 10.0. The number of nitrogens with zero attached hydrogens (tertiary/aromatic N) is 4. The fourth-order valence-electron chi connectivity index (χ4n) is 7.61. The third kappa shape index (κ3) is 4.08. The monoisotopic (exact) mass is 654 g/mol. The minimum absolute atomic E-state index is 0.606. The second-order valence-electron chi connectivity index (χ2n) is 12.9. The van der Waals surface area contributed by atoms with Crippen LogP contribution in [0.2, 0.25) is 0 Å². The van der Waals surface area contributed by atoms with E-state index in [1.165, 1.54) is 47.3 Å². The maximum Gasteiger partial charge on any atom is 0.238 e. The van der Waals surface area contributed by atoms with Crippen LogP contribution in [0.3, 0.4) is 0 Å². The molecular formula is C45H26N4S. The summed E-state index contributed by atoms with van der Waals surface area (Å²) in [7, 11) is 0. The summed E-state index contributed by atoms with van der Waals surface area (Å²) in [5, 5.41) is 10.5. The van der Waals surface area contributed by atoms with Gasteiger partial charge in [0.25, 0.3) is 0 Å². The van der Waals surface area contributed by atoms with E-state index in [1.54, 1.807) is 0 Å². The van der Waals surface area contributed by atoms with Crippen LogP contribution >= 0.6 is 11.3 Å². The molecule has 232 valence electrons. The molecule has 8 bridgehead atoms. The molecule has 0 aliphatic carbocycles. The molecule has 4 nitrogen and oxygen atoms in total. The molecule has 4 aromatic heterocycles. The minimum Gasteiger partial charge on any atom is -0.276 e. The highest BCUT2D eigenvalue weighted by atomic mass is 32.1. The van der Waals surface area contributed by atoms with Crippen LogP contribution in [-0.2, 0) is 0 Å². The van der Waals surface area contributed by atoms with Crippen molar-refractivity contribution in [3.8, 4) is 22.5 Å². The molecule has 11 aromatic rings. The molecule has 50 heavy (non-hydrogen) atoms. The highest BCUT2D eigenvalue weighted by Crippen LogP contribution is 2.43. The van der Waals surface area contributed by atoms with E-state index >= 15 is 0 Å². The van der Waals surface area contributed by atoms with Gasteiger partial charge in [0.2, 0.25) is 5.78 Å². The lowest BCUT2D eigenvalue weighted by Gasteiger charge is -2.06. The van der Waals surface area contributed by atoms with E-state index in [9.17, 15) is 0 Å². The molecule has 0 N–H and O–H groups in total. The molecule has 0 unspecified atom stereocenters. The Kier molecular flexibility index (Phi) is 5.80. The first kappa shape index (κ1) is 27.5. The number of hydrogen-bond acceptors (Lipinski definition) is 4. The van der Waals surface area contributed by atoms with Crippen LogP contribution in [0.25, 0.3) is 103 Å². The van der Waals surface area contributed by atoms with Crippen molar-refractivity contribution < 1.29 is 0 Å². The highest BCUT2D eigenvalue weighted by molar-refractivity contribution is 7.27. The number of benzene rings is 7. The summed E-state index contributed by atoms with van der Waals surface area (Å²) < 4.78 is 4.77. The van der Waals surface area contributed by atoms with E-state index < -0.39 is 0 Å². The first-order valence-electron chi connectivity index (χ1n) is 16.8. The van der Waals surface area contributed by atoms with Gasteiger partial charge in [-0.25, -0.2) is 4.98 Å². The molecular weight excluding hydrogens is 629 g/mol. The molecule has 5 heteroatoms. The largest absolute Gasteiger partial charge is 0.276 e. The fourth-order valence-corrected chi connectivity index (χ4v) is 8.98. The van der Waals surface area contributed by atoms with Gasteiger partial charge >= 0.3 is 0 Å². The van der Waals surface area contributed by atoms with Gasteiger partial charge in [-0.2, -0.15) is 9.97 Å². The lowest BCUT2D eigenvalue weighted by molar-refractivity contribution is 1.10. The smallest absolute Gasteiger partial charge is 0.238 e. The zero-order valence-corrected chi connectivity index (χ0v) is 27.5. The summed E-state index contributed by atoms with van der Waals surface area (Å²) in [5.41, 5.74) is 6.10. The SMILES string of the molecule is c1ccc(-c2ccc(-c3nc4nc(n3)n3c5ccccc5c5ccc6c7cccc(c8cccc(c8)c8cccc4c8)c7sc6c53)cc2)cc1. The van der Waals surface area contributed by atoms with Crippen LogP contribution in [0, 0.1) is 0 Å². The maximum absolute atomic E-state index is 5.29. The number of aromatic nitrogens is 4. The second kappa shape index (κ2) is 10.5. The Morgan fingerprint density at radius 1 is 0.400 bits per heavy atom. The predicted molar refractivity (Wildman–Crippen MR) is 211 cm³/mol. The van der Waals surface area contributed by atoms with Crippen LogP contribution in [0.1, 0.15) is 0 Å². The van der Waals surface area contributed by atoms with Crippen molar-refractivity contribution in [3.05, 3.63) is 158 Å². The maximum atomic E-state index is 5.29. The third-order valence-corrected chi connectivity index (χ3v) is 11.3. The Morgan fingerprint density at radius 2 is 1.02 bits per heavy atom. The van der Waals surface area contributed by atoms with Crippen molar-refractivity contribution in [1.82, 2.24) is 19.4 Å². The first-order chi connectivity index (χ1) is 24.8. The van der Waals surface area contributed by atoms with Crippen molar-refractivity contribution in [1.29, 1.82) is 0 Å². The standard InChI is InChI=1S/C45H26N4S/c1-2-9-27(10-3-1)28-19-21-29(22-20-28)43-46-44-33-14-7-12-31(26-33)30-11-6-13-32(25-30)34-16-8-17-37-38-24-23-36-35-15-4-5-18-39(35)49(45(47-43)48-44)40(36)42(38)50-41(34)37/h1-26H. The van der Waals surface area contributed by atoms with Gasteiger partial charge in [-0.15, -0.1) is 11.3 Å². The summed E-state index contributed by atoms with van der Waals surface area (Å²) in [6, 6.07) is 56.3. The van der Waals surface area contributed by atoms with Gasteiger partial charge in [0.15, 0.2) is 11.5 Å². The van der Waals surface area contributed by atoms with Crippen molar-refractivity contribution in [2.75, 3.05) is 0 Å². The van der Waals surface area contributed by atoms with Crippen LogP contribution in [0.15, 0.2) is 158 Å². The van der Waals surface area contributed by atoms with E-state index in [4.69, 9.17) is 15.0 Å². The van der Waals surface area contributed by atoms with Crippen LogP contribution < -0.4 is 0 Å².